The molecular formula is C25H25BrCl2N4O2. The molecule has 2 aromatic carbocycles. The van der Waals surface area contributed by atoms with Crippen LogP contribution in [-0.4, -0.2) is 34.0 Å². The van der Waals surface area contributed by atoms with E-state index < -0.39 is 11.5 Å². The number of aryl methyl sites for hydroxylation is 1. The Balaban J connectivity index is 1.45. The molecule has 1 unspecified atom stereocenters. The van der Waals surface area contributed by atoms with Gasteiger partial charge in [-0.05, 0) is 54.7 Å². The van der Waals surface area contributed by atoms with Crippen LogP contribution in [0.2, 0.25) is 10.0 Å². The van der Waals surface area contributed by atoms with Crippen molar-refractivity contribution in [1.82, 2.24) is 20.2 Å². The number of nitrogens with one attached hydrogen (secondary N) is 2. The molecule has 1 fully saturated rings. The first-order valence-corrected chi connectivity index (χ1v) is 12.7. The summed E-state index contributed by atoms with van der Waals surface area (Å²) >= 11 is 15.9. The highest BCUT2D eigenvalue weighted by Gasteiger charge is 2.53. The number of amides is 2. The number of rotatable bonds is 10. The number of halogens is 3. The average Bonchev–Trinajstić information content (AvgIpc) is 3.45. The molecule has 0 saturated heterocycles. The molecule has 9 heteroatoms. The van der Waals surface area contributed by atoms with Crippen LogP contribution in [0.4, 0.5) is 0 Å². The van der Waals surface area contributed by atoms with Crippen molar-refractivity contribution in [3.05, 3.63) is 86.8 Å². The maximum absolute atomic E-state index is 13.4. The largest absolute Gasteiger partial charge is 0.354 e. The van der Waals surface area contributed by atoms with Crippen LogP contribution >= 0.6 is 39.1 Å². The van der Waals surface area contributed by atoms with Gasteiger partial charge in [0, 0.05) is 46.4 Å². The van der Waals surface area contributed by atoms with Crippen molar-refractivity contribution >= 4 is 50.9 Å². The summed E-state index contributed by atoms with van der Waals surface area (Å²) in [7, 11) is 0. The molecule has 178 valence electrons. The molecule has 0 bridgehead atoms. The van der Waals surface area contributed by atoms with Gasteiger partial charge in [-0.2, -0.15) is 0 Å². The molecular weight excluding hydrogens is 539 g/mol. The Bertz CT molecular complexity index is 1150. The van der Waals surface area contributed by atoms with E-state index >= 15 is 0 Å². The monoisotopic (exact) mass is 562 g/mol. The van der Waals surface area contributed by atoms with Gasteiger partial charge in [0.25, 0.3) is 0 Å². The summed E-state index contributed by atoms with van der Waals surface area (Å²) < 4.78 is 2.91. The fourth-order valence-corrected chi connectivity index (χ4v) is 4.85. The van der Waals surface area contributed by atoms with E-state index in [1.54, 1.807) is 30.7 Å². The number of hydrogen-bond donors (Lipinski definition) is 2. The predicted molar refractivity (Wildman–Crippen MR) is 137 cm³/mol. The van der Waals surface area contributed by atoms with E-state index in [-0.39, 0.29) is 11.8 Å². The number of carbonyl (C=O) groups is 2. The third kappa shape index (κ3) is 6.01. The summed E-state index contributed by atoms with van der Waals surface area (Å²) in [5.74, 6) is -0.396. The van der Waals surface area contributed by atoms with Gasteiger partial charge in [-0.25, -0.2) is 4.98 Å². The van der Waals surface area contributed by atoms with Crippen LogP contribution in [0, 0.1) is 0 Å². The van der Waals surface area contributed by atoms with Gasteiger partial charge in [0.2, 0.25) is 11.8 Å². The Hall–Kier alpha value is -2.35. The van der Waals surface area contributed by atoms with Crippen molar-refractivity contribution in [3.8, 4) is 0 Å². The minimum atomic E-state index is -0.721. The SMILES string of the molecule is O=C(NCCCn1ccnc1)C(Cc1ccc(Br)cc1)NC(=O)C1(c2ccc(Cl)cc2Cl)CC1. The van der Waals surface area contributed by atoms with Gasteiger partial charge in [0.1, 0.15) is 6.04 Å². The summed E-state index contributed by atoms with van der Waals surface area (Å²) in [6.07, 6.45) is 7.85. The smallest absolute Gasteiger partial charge is 0.242 e. The van der Waals surface area contributed by atoms with Crippen LogP contribution in [0.3, 0.4) is 0 Å². The van der Waals surface area contributed by atoms with Crippen molar-refractivity contribution in [2.24, 2.45) is 0 Å². The van der Waals surface area contributed by atoms with E-state index in [1.165, 1.54) is 0 Å². The number of imidazole rings is 1. The molecule has 1 saturated carbocycles. The number of benzene rings is 2. The molecule has 2 N–H and O–H groups in total. The lowest BCUT2D eigenvalue weighted by atomic mass is 9.94. The first-order valence-electron chi connectivity index (χ1n) is 11.1. The zero-order valence-electron chi connectivity index (χ0n) is 18.4. The zero-order chi connectivity index (χ0) is 24.1. The van der Waals surface area contributed by atoms with Crippen molar-refractivity contribution in [3.63, 3.8) is 0 Å². The minimum Gasteiger partial charge on any atom is -0.354 e. The highest BCUT2D eigenvalue weighted by molar-refractivity contribution is 9.10. The van der Waals surface area contributed by atoms with Crippen molar-refractivity contribution in [1.29, 1.82) is 0 Å². The Morgan fingerprint density at radius 1 is 1.15 bits per heavy atom. The quantitative estimate of drug-likeness (QED) is 0.344. The minimum absolute atomic E-state index is 0.188. The molecule has 3 aromatic rings. The van der Waals surface area contributed by atoms with Crippen LogP contribution in [0.15, 0.2) is 65.7 Å². The van der Waals surface area contributed by atoms with E-state index in [1.807, 2.05) is 35.0 Å². The zero-order valence-corrected chi connectivity index (χ0v) is 21.5. The summed E-state index contributed by atoms with van der Waals surface area (Å²) in [5.41, 5.74) is 0.983. The number of aromatic nitrogens is 2. The van der Waals surface area contributed by atoms with E-state index in [4.69, 9.17) is 23.2 Å². The topological polar surface area (TPSA) is 76.0 Å². The molecule has 2 amide bonds. The van der Waals surface area contributed by atoms with Crippen LogP contribution in [0.1, 0.15) is 30.4 Å². The second-order valence-corrected chi connectivity index (χ2v) is 10.3. The van der Waals surface area contributed by atoms with Gasteiger partial charge >= 0.3 is 0 Å². The average molecular weight is 564 g/mol. The number of carbonyl (C=O) groups excluding carboxylic acids is 2. The molecule has 0 spiro atoms. The fraction of sp³-hybridized carbons (Fsp3) is 0.320. The first kappa shape index (κ1) is 24.8. The van der Waals surface area contributed by atoms with Gasteiger partial charge in [0.05, 0.1) is 11.7 Å². The first-order chi connectivity index (χ1) is 16.4. The Kier molecular flexibility index (Phi) is 7.96. The van der Waals surface area contributed by atoms with E-state index in [0.717, 1.165) is 28.6 Å². The van der Waals surface area contributed by atoms with Crippen LogP contribution in [-0.2, 0) is 28.0 Å². The molecule has 4 rings (SSSR count). The van der Waals surface area contributed by atoms with Gasteiger partial charge in [-0.15, -0.1) is 0 Å². The van der Waals surface area contributed by atoms with Crippen LogP contribution in [0.25, 0.3) is 0 Å². The Labute approximate surface area is 217 Å². The van der Waals surface area contributed by atoms with Gasteiger partial charge < -0.3 is 15.2 Å². The number of nitrogens with zero attached hydrogens (tertiary/aromatic N) is 2. The second kappa shape index (κ2) is 10.9. The Morgan fingerprint density at radius 2 is 1.91 bits per heavy atom. The maximum Gasteiger partial charge on any atom is 0.242 e. The molecule has 1 atom stereocenters. The summed E-state index contributed by atoms with van der Waals surface area (Å²) in [4.78, 5) is 30.5. The van der Waals surface area contributed by atoms with Crippen LogP contribution < -0.4 is 10.6 Å². The summed E-state index contributed by atoms with van der Waals surface area (Å²) in [5, 5.41) is 6.97. The molecule has 0 radical (unpaired) electrons. The van der Waals surface area contributed by atoms with Crippen LogP contribution in [0.5, 0.6) is 0 Å². The number of hydrogen-bond acceptors (Lipinski definition) is 3. The standard InChI is InChI=1S/C25H25BrCl2N4O2/c26-18-4-2-17(3-5-18)14-22(23(33)30-10-1-12-32-13-11-29-16-32)31-24(34)25(8-9-25)20-7-6-19(27)15-21(20)28/h2-7,11,13,15-16,22H,1,8-10,12,14H2,(H,30,33)(H,31,34). The summed E-state index contributed by atoms with van der Waals surface area (Å²) in [6, 6.07) is 12.2. The van der Waals surface area contributed by atoms with Gasteiger partial charge in [-0.1, -0.05) is 57.3 Å². The fourth-order valence-electron chi connectivity index (χ4n) is 4.00. The van der Waals surface area contributed by atoms with Crippen molar-refractivity contribution in [2.45, 2.75) is 43.7 Å². The third-order valence-corrected chi connectivity index (χ3v) is 7.13. The highest BCUT2D eigenvalue weighted by atomic mass is 79.9. The highest BCUT2D eigenvalue weighted by Crippen LogP contribution is 2.51. The third-order valence-electron chi connectivity index (χ3n) is 6.06. The normalized spacial score (nSPS) is 14.9. The van der Waals surface area contributed by atoms with Gasteiger partial charge in [0.15, 0.2) is 0 Å². The molecule has 0 aliphatic heterocycles. The molecule has 1 aliphatic rings. The second-order valence-electron chi connectivity index (χ2n) is 8.51. The predicted octanol–water partition coefficient (Wildman–Crippen LogP) is 4.92. The summed E-state index contributed by atoms with van der Waals surface area (Å²) in [6.45, 7) is 1.25. The molecule has 1 aromatic heterocycles. The lowest BCUT2D eigenvalue weighted by Gasteiger charge is -2.23. The van der Waals surface area contributed by atoms with Crippen molar-refractivity contribution < 1.29 is 9.59 Å². The maximum atomic E-state index is 13.4. The molecule has 1 aliphatic carbocycles. The molecule has 34 heavy (non-hydrogen) atoms. The van der Waals surface area contributed by atoms with Crippen molar-refractivity contribution in [2.75, 3.05) is 6.54 Å². The van der Waals surface area contributed by atoms with E-state index in [0.29, 0.717) is 35.9 Å². The Morgan fingerprint density at radius 3 is 2.56 bits per heavy atom. The van der Waals surface area contributed by atoms with E-state index in [9.17, 15) is 9.59 Å². The lowest BCUT2D eigenvalue weighted by molar-refractivity contribution is -0.130. The lowest BCUT2D eigenvalue weighted by Crippen LogP contribution is -2.51. The van der Waals surface area contributed by atoms with Gasteiger partial charge in [-0.3, -0.25) is 9.59 Å². The molecule has 1 heterocycles. The van der Waals surface area contributed by atoms with E-state index in [2.05, 4.69) is 31.5 Å². The molecule has 6 nitrogen and oxygen atoms in total.